The second-order valence-electron chi connectivity index (χ2n) is 7.69. The van der Waals surface area contributed by atoms with Gasteiger partial charge in [0.2, 0.25) is 5.78 Å². The highest BCUT2D eigenvalue weighted by molar-refractivity contribution is 6.21. The maximum Gasteiger partial charge on any atom is 0.214 e. The van der Waals surface area contributed by atoms with Gasteiger partial charge in [0.25, 0.3) is 0 Å². The summed E-state index contributed by atoms with van der Waals surface area (Å²) in [6.07, 6.45) is 1.02. The maximum atomic E-state index is 13.1. The molecular weight excluding hydrogens is 408 g/mol. The molecule has 6 N–H and O–H groups in total. The van der Waals surface area contributed by atoms with E-state index in [1.807, 2.05) is 43.3 Å². The van der Waals surface area contributed by atoms with Crippen LogP contribution in [0.15, 0.2) is 53.9 Å². The summed E-state index contributed by atoms with van der Waals surface area (Å²) in [7, 11) is 0. The van der Waals surface area contributed by atoms with Crippen molar-refractivity contribution >= 4 is 39.6 Å². The van der Waals surface area contributed by atoms with Gasteiger partial charge in [-0.05, 0) is 43.3 Å². The number of fused-ring (bicyclic) bond motifs is 2. The zero-order chi connectivity index (χ0) is 22.2. The number of aromatic amines is 2. The lowest BCUT2D eigenvalue weighted by atomic mass is 10.1. The van der Waals surface area contributed by atoms with Crippen molar-refractivity contribution in [1.29, 1.82) is 5.41 Å². The molecule has 9 nitrogen and oxygen atoms in total. The van der Waals surface area contributed by atoms with Crippen LogP contribution in [0.2, 0.25) is 0 Å². The molecule has 1 aliphatic heterocycles. The number of nitrogens with two attached hydrogens (primary N) is 1. The molecule has 0 aliphatic carbocycles. The number of aryl methyl sites for hydroxylation is 1. The number of rotatable bonds is 7. The van der Waals surface area contributed by atoms with Crippen LogP contribution in [-0.2, 0) is 4.74 Å². The van der Waals surface area contributed by atoms with Crippen LogP contribution in [-0.4, -0.2) is 46.3 Å². The van der Waals surface area contributed by atoms with Crippen molar-refractivity contribution < 1.29 is 14.3 Å². The molecule has 5 rings (SSSR count). The van der Waals surface area contributed by atoms with Crippen LogP contribution in [0.5, 0.6) is 5.75 Å². The number of carbonyl (C=O) groups excluding carboxylic acids is 1. The van der Waals surface area contributed by atoms with Crippen molar-refractivity contribution in [3.8, 4) is 5.75 Å². The predicted molar refractivity (Wildman–Crippen MR) is 122 cm³/mol. The minimum Gasteiger partial charge on any atom is -0.486 e. The van der Waals surface area contributed by atoms with Gasteiger partial charge in [0.1, 0.15) is 23.5 Å². The highest BCUT2D eigenvalue weighted by Gasteiger charge is 2.21. The minimum atomic E-state index is -0.382. The van der Waals surface area contributed by atoms with E-state index in [-0.39, 0.29) is 23.3 Å². The van der Waals surface area contributed by atoms with Crippen LogP contribution >= 0.6 is 0 Å². The third-order valence-corrected chi connectivity index (χ3v) is 5.31. The molecule has 0 spiro atoms. The normalized spacial score (nSPS) is 14.8. The fourth-order valence-electron chi connectivity index (χ4n) is 3.62. The zero-order valence-corrected chi connectivity index (χ0v) is 17.4. The first kappa shape index (κ1) is 19.8. The van der Waals surface area contributed by atoms with Crippen LogP contribution in [0, 0.1) is 12.3 Å². The van der Waals surface area contributed by atoms with Crippen LogP contribution in [0.3, 0.4) is 0 Å². The largest absolute Gasteiger partial charge is 0.486 e. The Bertz CT molecular complexity index is 1380. The Morgan fingerprint density at radius 2 is 2.06 bits per heavy atom. The Hall–Kier alpha value is -4.11. The number of hydrogen-bond donors (Lipinski definition) is 5. The minimum absolute atomic E-state index is 0.0537. The van der Waals surface area contributed by atoms with E-state index in [1.54, 1.807) is 6.07 Å². The van der Waals surface area contributed by atoms with Crippen LogP contribution in [0.25, 0.3) is 21.9 Å². The van der Waals surface area contributed by atoms with Crippen molar-refractivity contribution in [3.05, 3.63) is 65.4 Å². The van der Waals surface area contributed by atoms with Crippen molar-refractivity contribution in [2.45, 2.75) is 13.0 Å². The molecule has 1 saturated heterocycles. The molecule has 162 valence electrons. The molecule has 0 bridgehead atoms. The fourth-order valence-corrected chi connectivity index (χ4v) is 3.62. The molecule has 0 atom stereocenters. The van der Waals surface area contributed by atoms with E-state index in [4.69, 9.17) is 20.6 Å². The summed E-state index contributed by atoms with van der Waals surface area (Å²) in [5.74, 6) is 1.22. The molecular formula is C23H22N6O3. The highest BCUT2D eigenvalue weighted by atomic mass is 16.6. The number of Topliss-reactive ketones (excluding diaryl/α,β-unsaturated/α-hetero) is 1. The maximum absolute atomic E-state index is 13.1. The molecule has 9 heteroatoms. The number of anilines is 1. The van der Waals surface area contributed by atoms with Gasteiger partial charge in [0, 0.05) is 28.9 Å². The molecule has 1 aliphatic rings. The van der Waals surface area contributed by atoms with Gasteiger partial charge in [-0.25, -0.2) is 4.98 Å². The number of ether oxygens (including phenoxy) is 2. The number of imidazole rings is 1. The van der Waals surface area contributed by atoms with Crippen molar-refractivity contribution in [1.82, 2.24) is 15.0 Å². The second kappa shape index (κ2) is 7.86. The SMILES string of the molecule is Cc1nc2cc(N/C(N)=C(\C=N)C(=O)c3cc4ccc(OC5COC5)cc4[nH]3)ccc2[nH]1. The van der Waals surface area contributed by atoms with Gasteiger partial charge in [-0.3, -0.25) is 4.79 Å². The van der Waals surface area contributed by atoms with Crippen LogP contribution in [0.4, 0.5) is 5.69 Å². The smallest absolute Gasteiger partial charge is 0.214 e. The van der Waals surface area contributed by atoms with Gasteiger partial charge < -0.3 is 35.9 Å². The molecule has 0 unspecified atom stereocenters. The monoisotopic (exact) mass is 430 g/mol. The predicted octanol–water partition coefficient (Wildman–Crippen LogP) is 3.24. The second-order valence-corrected chi connectivity index (χ2v) is 7.69. The number of nitrogens with one attached hydrogen (secondary N) is 4. The molecule has 3 heterocycles. The number of aromatic nitrogens is 3. The first-order valence-corrected chi connectivity index (χ1v) is 10.2. The molecule has 1 fully saturated rings. The summed E-state index contributed by atoms with van der Waals surface area (Å²) >= 11 is 0. The van der Waals surface area contributed by atoms with Gasteiger partial charge >= 0.3 is 0 Å². The van der Waals surface area contributed by atoms with E-state index < -0.39 is 0 Å². The van der Waals surface area contributed by atoms with E-state index >= 15 is 0 Å². The molecule has 2 aromatic carbocycles. The van der Waals surface area contributed by atoms with Gasteiger partial charge in [-0.2, -0.15) is 0 Å². The van der Waals surface area contributed by atoms with Gasteiger partial charge in [0.15, 0.2) is 0 Å². The summed E-state index contributed by atoms with van der Waals surface area (Å²) in [4.78, 5) is 23.8. The first-order chi connectivity index (χ1) is 15.5. The number of carbonyl (C=O) groups is 1. The zero-order valence-electron chi connectivity index (χ0n) is 17.4. The standard InChI is InChI=1S/C23H22N6O3/c1-12-26-18-5-3-14(7-20(18)27-12)28-23(25)17(9-24)22(30)21-6-13-2-4-15(8-19(13)29-21)32-16-10-31-11-16/h2-9,16,24,28-29H,10-11,25H2,1H3,(H,26,27)/b23-17+,24-9?. The van der Waals surface area contributed by atoms with Crippen molar-refractivity contribution in [2.75, 3.05) is 18.5 Å². The summed E-state index contributed by atoms with van der Waals surface area (Å²) in [5, 5.41) is 11.6. The van der Waals surface area contributed by atoms with E-state index in [9.17, 15) is 4.79 Å². The lowest BCUT2D eigenvalue weighted by Gasteiger charge is -2.26. The fraction of sp³-hybridized carbons (Fsp3) is 0.174. The number of benzene rings is 2. The number of hydrogen-bond acceptors (Lipinski definition) is 7. The average molecular weight is 430 g/mol. The third-order valence-electron chi connectivity index (χ3n) is 5.31. The number of allylic oxidation sites excluding steroid dienone is 1. The summed E-state index contributed by atoms with van der Waals surface area (Å²) < 4.78 is 10.9. The summed E-state index contributed by atoms with van der Waals surface area (Å²) in [5.41, 5.74) is 9.69. The Labute approximate surface area is 183 Å². The molecule has 0 saturated carbocycles. The topological polar surface area (TPSA) is 142 Å². The average Bonchev–Trinajstić information content (AvgIpc) is 3.32. The third kappa shape index (κ3) is 3.69. The van der Waals surface area contributed by atoms with Crippen molar-refractivity contribution in [2.24, 2.45) is 5.73 Å². The van der Waals surface area contributed by atoms with Gasteiger partial charge in [-0.15, -0.1) is 0 Å². The number of H-pyrrole nitrogens is 2. The van der Waals surface area contributed by atoms with Gasteiger partial charge in [0.05, 0.1) is 35.5 Å². The summed E-state index contributed by atoms with van der Waals surface area (Å²) in [6, 6.07) is 12.9. The molecule has 0 amide bonds. The Morgan fingerprint density at radius 3 is 2.81 bits per heavy atom. The Kier molecular flexibility index (Phi) is 4.87. The van der Waals surface area contributed by atoms with Crippen LogP contribution in [0.1, 0.15) is 16.3 Å². The quantitative estimate of drug-likeness (QED) is 0.173. The molecule has 32 heavy (non-hydrogen) atoms. The van der Waals surface area contributed by atoms with Gasteiger partial charge in [-0.1, -0.05) is 0 Å². The lowest BCUT2D eigenvalue weighted by Crippen LogP contribution is -2.38. The highest BCUT2D eigenvalue weighted by Crippen LogP contribution is 2.25. The van der Waals surface area contributed by atoms with Crippen LogP contribution < -0.4 is 15.8 Å². The lowest BCUT2D eigenvalue weighted by molar-refractivity contribution is -0.0796. The molecule has 0 radical (unpaired) electrons. The van der Waals surface area contributed by atoms with Crippen molar-refractivity contribution in [3.63, 3.8) is 0 Å². The summed E-state index contributed by atoms with van der Waals surface area (Å²) in [6.45, 7) is 3.04. The number of nitrogens with zero attached hydrogens (tertiary/aromatic N) is 1. The van der Waals surface area contributed by atoms with E-state index in [2.05, 4.69) is 20.3 Å². The van der Waals surface area contributed by atoms with E-state index in [1.165, 1.54) is 0 Å². The molecule has 4 aromatic rings. The van der Waals surface area contributed by atoms with E-state index in [0.717, 1.165) is 34.0 Å². The first-order valence-electron chi connectivity index (χ1n) is 10.2. The number of ketones is 1. The molecule has 2 aromatic heterocycles. The Balaban J connectivity index is 1.40. The van der Waals surface area contributed by atoms with E-state index in [0.29, 0.717) is 30.3 Å². The Morgan fingerprint density at radius 1 is 1.22 bits per heavy atom.